The number of carbonyl (C=O) groups excluding carboxylic acids is 1. The van der Waals surface area contributed by atoms with Gasteiger partial charge in [0.1, 0.15) is 0 Å². The molecule has 0 saturated heterocycles. The number of nitrogens with zero attached hydrogens (tertiary/aromatic N) is 1. The monoisotopic (exact) mass is 166 g/mol. The lowest BCUT2D eigenvalue weighted by Crippen LogP contribution is -2.14. The van der Waals surface area contributed by atoms with Crippen LogP contribution in [0.1, 0.15) is 11.3 Å². The first kappa shape index (κ1) is 8.67. The van der Waals surface area contributed by atoms with E-state index in [9.17, 15) is 4.79 Å². The zero-order valence-corrected chi connectivity index (χ0v) is 6.53. The molecule has 12 heavy (non-hydrogen) atoms. The molecule has 0 radical (unpaired) electrons. The number of aliphatic hydroxyl groups excluding tert-OH is 1. The predicted molar refractivity (Wildman–Crippen MR) is 43.1 cm³/mol. The van der Waals surface area contributed by atoms with Gasteiger partial charge in [-0.15, -0.1) is 0 Å². The first-order chi connectivity index (χ1) is 5.72. The summed E-state index contributed by atoms with van der Waals surface area (Å²) >= 11 is 0. The Kier molecular flexibility index (Phi) is 2.76. The second-order valence-corrected chi connectivity index (χ2v) is 2.46. The smallest absolute Gasteiger partial charge is 0.223 e. The third-order valence-corrected chi connectivity index (χ3v) is 1.42. The number of rotatable bonds is 3. The number of carbonyl (C=O) groups is 1. The molecular formula is C8H10N2O2. The van der Waals surface area contributed by atoms with Crippen molar-refractivity contribution in [1.82, 2.24) is 4.98 Å². The lowest BCUT2D eigenvalue weighted by Gasteiger charge is -1.98. The highest BCUT2D eigenvalue weighted by molar-refractivity contribution is 5.76. The number of aromatic nitrogens is 1. The van der Waals surface area contributed by atoms with E-state index in [1.807, 2.05) is 0 Å². The van der Waals surface area contributed by atoms with Crippen molar-refractivity contribution in [3.05, 3.63) is 29.6 Å². The Balaban J connectivity index is 2.79. The van der Waals surface area contributed by atoms with Gasteiger partial charge >= 0.3 is 0 Å². The molecule has 1 aromatic heterocycles. The van der Waals surface area contributed by atoms with Crippen LogP contribution in [0.5, 0.6) is 0 Å². The summed E-state index contributed by atoms with van der Waals surface area (Å²) in [6, 6.07) is 3.34. The van der Waals surface area contributed by atoms with Crippen molar-refractivity contribution in [2.75, 3.05) is 0 Å². The van der Waals surface area contributed by atoms with E-state index in [1.165, 1.54) is 0 Å². The van der Waals surface area contributed by atoms with Crippen LogP contribution in [0.15, 0.2) is 18.3 Å². The van der Waals surface area contributed by atoms with Crippen molar-refractivity contribution in [2.45, 2.75) is 13.0 Å². The Bertz CT molecular complexity index is 286. The molecule has 3 N–H and O–H groups in total. The summed E-state index contributed by atoms with van der Waals surface area (Å²) in [6.07, 6.45) is 1.66. The SMILES string of the molecule is NC(=O)Cc1cc(CO)ccn1. The molecule has 0 aliphatic heterocycles. The lowest BCUT2D eigenvalue weighted by atomic mass is 10.2. The molecule has 4 heteroatoms. The van der Waals surface area contributed by atoms with Crippen LogP contribution in [-0.2, 0) is 17.8 Å². The molecule has 0 bridgehead atoms. The Morgan fingerprint density at radius 1 is 1.67 bits per heavy atom. The number of hydrogen-bond acceptors (Lipinski definition) is 3. The number of primary amides is 1. The van der Waals surface area contributed by atoms with Crippen LogP contribution in [0.25, 0.3) is 0 Å². The average Bonchev–Trinajstić information content (AvgIpc) is 2.03. The summed E-state index contributed by atoms with van der Waals surface area (Å²) < 4.78 is 0. The van der Waals surface area contributed by atoms with Gasteiger partial charge in [-0.25, -0.2) is 0 Å². The van der Waals surface area contributed by atoms with Crippen molar-refractivity contribution in [3.63, 3.8) is 0 Å². The van der Waals surface area contributed by atoms with Crippen LogP contribution in [0.4, 0.5) is 0 Å². The number of amides is 1. The summed E-state index contributed by atoms with van der Waals surface area (Å²) in [7, 11) is 0. The zero-order valence-electron chi connectivity index (χ0n) is 6.53. The highest BCUT2D eigenvalue weighted by atomic mass is 16.3. The number of pyridine rings is 1. The van der Waals surface area contributed by atoms with Gasteiger partial charge in [0.2, 0.25) is 5.91 Å². The fraction of sp³-hybridized carbons (Fsp3) is 0.250. The van der Waals surface area contributed by atoms with Gasteiger partial charge in [0.15, 0.2) is 0 Å². The Morgan fingerprint density at radius 3 is 3.00 bits per heavy atom. The second kappa shape index (κ2) is 3.82. The normalized spacial score (nSPS) is 9.75. The molecule has 1 aromatic rings. The van der Waals surface area contributed by atoms with Gasteiger partial charge in [0.05, 0.1) is 13.0 Å². The van der Waals surface area contributed by atoms with Crippen molar-refractivity contribution in [3.8, 4) is 0 Å². The molecule has 0 saturated carbocycles. The minimum Gasteiger partial charge on any atom is -0.392 e. The Morgan fingerprint density at radius 2 is 2.42 bits per heavy atom. The molecule has 0 aliphatic carbocycles. The maximum atomic E-state index is 10.5. The fourth-order valence-electron chi connectivity index (χ4n) is 0.902. The standard InChI is InChI=1S/C8H10N2O2/c9-8(12)4-7-3-6(5-11)1-2-10-7/h1-3,11H,4-5H2,(H2,9,12). The molecule has 0 aromatic carbocycles. The van der Waals surface area contributed by atoms with E-state index in [0.717, 1.165) is 5.56 Å². The minimum atomic E-state index is -0.419. The van der Waals surface area contributed by atoms with Crippen LogP contribution in [0.3, 0.4) is 0 Å². The van der Waals surface area contributed by atoms with Crippen LogP contribution in [0, 0.1) is 0 Å². The molecule has 0 spiro atoms. The highest BCUT2D eigenvalue weighted by Gasteiger charge is 1.99. The number of nitrogens with two attached hydrogens (primary N) is 1. The van der Waals surface area contributed by atoms with Crippen molar-refractivity contribution >= 4 is 5.91 Å². The summed E-state index contributed by atoms with van der Waals surface area (Å²) in [4.78, 5) is 14.4. The summed E-state index contributed by atoms with van der Waals surface area (Å²) in [5.74, 6) is -0.419. The van der Waals surface area contributed by atoms with Crippen LogP contribution < -0.4 is 5.73 Å². The van der Waals surface area contributed by atoms with E-state index in [2.05, 4.69) is 4.98 Å². The predicted octanol–water partition coefficient (Wildman–Crippen LogP) is -0.398. The van der Waals surface area contributed by atoms with E-state index >= 15 is 0 Å². The molecular weight excluding hydrogens is 156 g/mol. The third-order valence-electron chi connectivity index (χ3n) is 1.42. The van der Waals surface area contributed by atoms with Gasteiger partial charge in [0, 0.05) is 11.9 Å². The molecule has 64 valence electrons. The maximum Gasteiger partial charge on any atom is 0.223 e. The fourth-order valence-corrected chi connectivity index (χ4v) is 0.902. The van der Waals surface area contributed by atoms with Gasteiger partial charge in [0.25, 0.3) is 0 Å². The van der Waals surface area contributed by atoms with E-state index in [4.69, 9.17) is 10.8 Å². The van der Waals surface area contributed by atoms with E-state index < -0.39 is 5.91 Å². The Hall–Kier alpha value is -1.42. The quantitative estimate of drug-likeness (QED) is 0.641. The van der Waals surface area contributed by atoms with Crippen molar-refractivity contribution in [2.24, 2.45) is 5.73 Å². The summed E-state index contributed by atoms with van der Waals surface area (Å²) in [5, 5.41) is 8.75. The van der Waals surface area contributed by atoms with E-state index in [-0.39, 0.29) is 13.0 Å². The summed E-state index contributed by atoms with van der Waals surface area (Å²) in [6.45, 7) is -0.0473. The molecule has 0 aliphatic rings. The zero-order chi connectivity index (χ0) is 8.97. The minimum absolute atomic E-state index is 0.0473. The molecule has 0 fully saturated rings. The summed E-state index contributed by atoms with van der Waals surface area (Å²) in [5.41, 5.74) is 6.30. The molecule has 4 nitrogen and oxygen atoms in total. The van der Waals surface area contributed by atoms with Crippen LogP contribution in [-0.4, -0.2) is 16.0 Å². The molecule has 0 atom stereocenters. The van der Waals surface area contributed by atoms with Gasteiger partial charge in [-0.05, 0) is 17.7 Å². The first-order valence-corrected chi connectivity index (χ1v) is 3.55. The lowest BCUT2D eigenvalue weighted by molar-refractivity contribution is -0.117. The largest absolute Gasteiger partial charge is 0.392 e. The van der Waals surface area contributed by atoms with Crippen molar-refractivity contribution in [1.29, 1.82) is 0 Å². The number of aliphatic hydroxyl groups is 1. The molecule has 0 unspecified atom stereocenters. The average molecular weight is 166 g/mol. The number of hydrogen-bond donors (Lipinski definition) is 2. The third kappa shape index (κ3) is 2.32. The molecule has 1 heterocycles. The first-order valence-electron chi connectivity index (χ1n) is 3.55. The maximum absolute atomic E-state index is 10.5. The van der Waals surface area contributed by atoms with E-state index in [0.29, 0.717) is 5.69 Å². The van der Waals surface area contributed by atoms with Gasteiger partial charge in [-0.3, -0.25) is 9.78 Å². The topological polar surface area (TPSA) is 76.2 Å². The highest BCUT2D eigenvalue weighted by Crippen LogP contribution is 2.01. The molecule has 1 amide bonds. The van der Waals surface area contributed by atoms with E-state index in [1.54, 1.807) is 18.3 Å². The van der Waals surface area contributed by atoms with Gasteiger partial charge in [-0.1, -0.05) is 0 Å². The van der Waals surface area contributed by atoms with Gasteiger partial charge in [-0.2, -0.15) is 0 Å². The second-order valence-electron chi connectivity index (χ2n) is 2.46. The molecule has 1 rings (SSSR count). The van der Waals surface area contributed by atoms with Crippen molar-refractivity contribution < 1.29 is 9.90 Å². The van der Waals surface area contributed by atoms with Crippen LogP contribution >= 0.6 is 0 Å². The van der Waals surface area contributed by atoms with Gasteiger partial charge < -0.3 is 10.8 Å². The Labute approximate surface area is 70.0 Å². The van der Waals surface area contributed by atoms with Crippen LogP contribution in [0.2, 0.25) is 0 Å².